The van der Waals surface area contributed by atoms with E-state index in [0.29, 0.717) is 5.75 Å². The number of methoxy groups -OCH3 is 1. The molecule has 0 bridgehead atoms. The van der Waals surface area contributed by atoms with Gasteiger partial charge in [0.2, 0.25) is 0 Å². The average Bonchev–Trinajstić information content (AvgIpc) is 2.71. The second-order valence-corrected chi connectivity index (χ2v) is 6.83. The molecule has 1 aromatic rings. The van der Waals surface area contributed by atoms with Crippen LogP contribution in [0.2, 0.25) is 0 Å². The molecule has 1 unspecified atom stereocenters. The maximum Gasteiger partial charge on any atom is 0.162 e. The number of hydrogen-bond donors (Lipinski definition) is 1. The highest BCUT2D eigenvalue weighted by Gasteiger charge is 2.44. The Morgan fingerprint density at radius 1 is 1.37 bits per heavy atom. The van der Waals surface area contributed by atoms with E-state index in [4.69, 9.17) is 4.74 Å². The summed E-state index contributed by atoms with van der Waals surface area (Å²) < 4.78 is 7.32. The SMILES string of the molecule is COc1cnn(C(C)C)c1C1(O)CCCC(C)(C)C1. The second-order valence-electron chi connectivity index (χ2n) is 6.83. The van der Waals surface area contributed by atoms with Crippen molar-refractivity contribution >= 4 is 0 Å². The fourth-order valence-electron chi connectivity index (χ4n) is 3.36. The Kier molecular flexibility index (Phi) is 3.65. The summed E-state index contributed by atoms with van der Waals surface area (Å²) in [5, 5.41) is 15.6. The third-order valence-electron chi connectivity index (χ3n) is 4.13. The number of rotatable bonds is 3. The topological polar surface area (TPSA) is 47.3 Å². The van der Waals surface area contributed by atoms with Gasteiger partial charge in [0, 0.05) is 6.04 Å². The van der Waals surface area contributed by atoms with Gasteiger partial charge >= 0.3 is 0 Å². The third kappa shape index (κ3) is 2.64. The van der Waals surface area contributed by atoms with Crippen molar-refractivity contribution in [3.63, 3.8) is 0 Å². The molecule has 1 atom stereocenters. The molecule has 1 aromatic heterocycles. The first kappa shape index (κ1) is 14.4. The summed E-state index contributed by atoms with van der Waals surface area (Å²) in [7, 11) is 1.64. The summed E-state index contributed by atoms with van der Waals surface area (Å²) in [6.07, 6.45) is 5.46. The smallest absolute Gasteiger partial charge is 0.162 e. The minimum absolute atomic E-state index is 0.157. The van der Waals surface area contributed by atoms with Crippen molar-refractivity contribution < 1.29 is 9.84 Å². The van der Waals surface area contributed by atoms with Gasteiger partial charge in [-0.15, -0.1) is 0 Å². The van der Waals surface area contributed by atoms with Crippen molar-refractivity contribution in [1.29, 1.82) is 0 Å². The normalized spacial score (nSPS) is 26.7. The van der Waals surface area contributed by atoms with Crippen molar-refractivity contribution in [2.75, 3.05) is 7.11 Å². The summed E-state index contributed by atoms with van der Waals surface area (Å²) >= 11 is 0. The van der Waals surface area contributed by atoms with Gasteiger partial charge < -0.3 is 9.84 Å². The molecular weight excluding hydrogens is 240 g/mol. The number of aliphatic hydroxyl groups is 1. The standard InChI is InChI=1S/C15H26N2O2/c1-11(2)17-13(12(19-5)9-16-17)15(18)8-6-7-14(3,4)10-15/h9,11,18H,6-8,10H2,1-5H3. The molecular formula is C15H26N2O2. The minimum Gasteiger partial charge on any atom is -0.493 e. The van der Waals surface area contributed by atoms with Crippen LogP contribution in [0.1, 0.15) is 65.1 Å². The van der Waals surface area contributed by atoms with E-state index < -0.39 is 5.60 Å². The molecule has 1 saturated carbocycles. The van der Waals surface area contributed by atoms with E-state index in [1.165, 1.54) is 0 Å². The van der Waals surface area contributed by atoms with E-state index in [1.807, 2.05) is 4.68 Å². The van der Waals surface area contributed by atoms with Gasteiger partial charge in [0.05, 0.1) is 13.3 Å². The lowest BCUT2D eigenvalue weighted by Crippen LogP contribution is -2.39. The van der Waals surface area contributed by atoms with Crippen molar-refractivity contribution in [1.82, 2.24) is 9.78 Å². The summed E-state index contributed by atoms with van der Waals surface area (Å²) in [5.74, 6) is 0.703. The molecule has 0 aromatic carbocycles. The molecule has 4 heteroatoms. The highest BCUT2D eigenvalue weighted by Crippen LogP contribution is 2.48. The van der Waals surface area contributed by atoms with Gasteiger partial charge in [0.25, 0.3) is 0 Å². The molecule has 1 heterocycles. The number of nitrogens with zero attached hydrogens (tertiary/aromatic N) is 2. The molecule has 2 rings (SSSR count). The van der Waals surface area contributed by atoms with E-state index in [2.05, 4.69) is 32.8 Å². The zero-order valence-corrected chi connectivity index (χ0v) is 12.7. The first-order valence-corrected chi connectivity index (χ1v) is 7.13. The largest absolute Gasteiger partial charge is 0.493 e. The maximum absolute atomic E-state index is 11.2. The molecule has 1 N–H and O–H groups in total. The van der Waals surface area contributed by atoms with E-state index in [1.54, 1.807) is 13.3 Å². The first-order valence-electron chi connectivity index (χ1n) is 7.13. The Hall–Kier alpha value is -1.03. The quantitative estimate of drug-likeness (QED) is 0.913. The summed E-state index contributed by atoms with van der Waals surface area (Å²) in [4.78, 5) is 0. The van der Waals surface area contributed by atoms with Gasteiger partial charge in [-0.3, -0.25) is 4.68 Å². The summed E-state index contributed by atoms with van der Waals surface area (Å²) in [6.45, 7) is 8.60. The number of hydrogen-bond acceptors (Lipinski definition) is 3. The number of aromatic nitrogens is 2. The fraction of sp³-hybridized carbons (Fsp3) is 0.800. The van der Waals surface area contributed by atoms with Crippen LogP contribution < -0.4 is 4.74 Å². The highest BCUT2D eigenvalue weighted by molar-refractivity contribution is 5.32. The molecule has 1 aliphatic carbocycles. The van der Waals surface area contributed by atoms with E-state index >= 15 is 0 Å². The lowest BCUT2D eigenvalue weighted by Gasteiger charge is -2.42. The molecule has 0 saturated heterocycles. The van der Waals surface area contributed by atoms with Crippen LogP contribution in [0.4, 0.5) is 0 Å². The Morgan fingerprint density at radius 2 is 2.05 bits per heavy atom. The molecule has 4 nitrogen and oxygen atoms in total. The van der Waals surface area contributed by atoms with E-state index in [0.717, 1.165) is 31.4 Å². The minimum atomic E-state index is -0.826. The Bertz CT molecular complexity index is 451. The van der Waals surface area contributed by atoms with Gasteiger partial charge in [0.15, 0.2) is 5.75 Å². The molecule has 1 aliphatic rings. The van der Waals surface area contributed by atoms with Crippen LogP contribution in [0, 0.1) is 5.41 Å². The third-order valence-corrected chi connectivity index (χ3v) is 4.13. The Balaban J connectivity index is 2.47. The first-order chi connectivity index (χ1) is 8.79. The van der Waals surface area contributed by atoms with Crippen LogP contribution in [-0.2, 0) is 5.60 Å². The zero-order chi connectivity index (χ0) is 14.3. The second kappa shape index (κ2) is 4.82. The fourth-order valence-corrected chi connectivity index (χ4v) is 3.36. The monoisotopic (exact) mass is 266 g/mol. The van der Waals surface area contributed by atoms with Crippen molar-refractivity contribution in [3.8, 4) is 5.75 Å². The Morgan fingerprint density at radius 3 is 2.58 bits per heavy atom. The molecule has 108 valence electrons. The maximum atomic E-state index is 11.2. The lowest BCUT2D eigenvalue weighted by atomic mass is 9.68. The molecule has 1 fully saturated rings. The molecule has 19 heavy (non-hydrogen) atoms. The number of ether oxygens (including phenoxy) is 1. The Labute approximate surface area is 115 Å². The van der Waals surface area contributed by atoms with Gasteiger partial charge in [-0.05, 0) is 44.9 Å². The lowest BCUT2D eigenvalue weighted by molar-refractivity contribution is -0.0526. The van der Waals surface area contributed by atoms with Crippen LogP contribution in [-0.4, -0.2) is 22.0 Å². The van der Waals surface area contributed by atoms with Crippen LogP contribution in [0.5, 0.6) is 5.75 Å². The summed E-state index contributed by atoms with van der Waals surface area (Å²) in [5.41, 5.74) is 0.176. The van der Waals surface area contributed by atoms with Crippen LogP contribution in [0.3, 0.4) is 0 Å². The zero-order valence-electron chi connectivity index (χ0n) is 12.7. The predicted octanol–water partition coefficient (Wildman–Crippen LogP) is 3.26. The van der Waals surface area contributed by atoms with Gasteiger partial charge in [-0.25, -0.2) is 0 Å². The highest BCUT2D eigenvalue weighted by atomic mass is 16.5. The molecule has 0 amide bonds. The van der Waals surface area contributed by atoms with E-state index in [-0.39, 0.29) is 11.5 Å². The van der Waals surface area contributed by atoms with Gasteiger partial charge in [0.1, 0.15) is 11.3 Å². The molecule has 0 aliphatic heterocycles. The van der Waals surface area contributed by atoms with Crippen LogP contribution in [0.25, 0.3) is 0 Å². The average molecular weight is 266 g/mol. The molecule has 0 radical (unpaired) electrons. The van der Waals surface area contributed by atoms with Crippen LogP contribution in [0.15, 0.2) is 6.20 Å². The van der Waals surface area contributed by atoms with Gasteiger partial charge in [-0.2, -0.15) is 5.10 Å². The summed E-state index contributed by atoms with van der Waals surface area (Å²) in [6, 6.07) is 0.216. The van der Waals surface area contributed by atoms with Crippen molar-refractivity contribution in [2.24, 2.45) is 5.41 Å². The predicted molar refractivity (Wildman–Crippen MR) is 75.3 cm³/mol. The van der Waals surface area contributed by atoms with Crippen molar-refractivity contribution in [2.45, 2.75) is 65.0 Å². The van der Waals surface area contributed by atoms with Gasteiger partial charge in [-0.1, -0.05) is 13.8 Å². The molecule has 0 spiro atoms. The van der Waals surface area contributed by atoms with E-state index in [9.17, 15) is 5.11 Å². The van der Waals surface area contributed by atoms with Crippen LogP contribution >= 0.6 is 0 Å². The van der Waals surface area contributed by atoms with Crippen molar-refractivity contribution in [3.05, 3.63) is 11.9 Å².